The second-order valence-corrected chi connectivity index (χ2v) is 2.49. The Kier molecular flexibility index (Phi) is 7.45. The van der Waals surface area contributed by atoms with Crippen LogP contribution in [0.1, 0.15) is 0 Å². The van der Waals surface area contributed by atoms with Gasteiger partial charge >= 0.3 is 0 Å². The Labute approximate surface area is 122 Å². The summed E-state index contributed by atoms with van der Waals surface area (Å²) in [5.74, 6) is 0. The molecular formula is C11H8NYZn-. The predicted octanol–water partition coefficient (Wildman–Crippen LogP) is 2.54. The average molecular weight is 308 g/mol. The Bertz CT molecular complexity index is 313. The van der Waals surface area contributed by atoms with Crippen LogP contribution in [0, 0.1) is 6.07 Å². The topological polar surface area (TPSA) is 12.9 Å². The Morgan fingerprint density at radius 1 is 1.00 bits per heavy atom. The molecule has 1 nitrogen and oxygen atoms in total. The summed E-state index contributed by atoms with van der Waals surface area (Å²) in [7, 11) is 0. The number of nitrogens with zero attached hydrogens (tertiary/aromatic N) is 1. The van der Waals surface area contributed by atoms with Gasteiger partial charge < -0.3 is 4.98 Å². The summed E-state index contributed by atoms with van der Waals surface area (Å²) in [4.78, 5) is 4.22. The summed E-state index contributed by atoms with van der Waals surface area (Å²) >= 11 is 0. The number of rotatable bonds is 1. The van der Waals surface area contributed by atoms with E-state index in [1.54, 1.807) is 6.20 Å². The van der Waals surface area contributed by atoms with Gasteiger partial charge in [-0.2, -0.15) is 0 Å². The molecule has 0 saturated heterocycles. The van der Waals surface area contributed by atoms with Crippen molar-refractivity contribution in [2.75, 3.05) is 0 Å². The zero-order chi connectivity index (χ0) is 8.23. The molecule has 0 fully saturated rings. The second kappa shape index (κ2) is 7.40. The Balaban J connectivity index is 0.000000845. The van der Waals surface area contributed by atoms with Crippen LogP contribution in [0.3, 0.4) is 0 Å². The Morgan fingerprint density at radius 3 is 2.36 bits per heavy atom. The van der Waals surface area contributed by atoms with Crippen molar-refractivity contribution in [2.45, 2.75) is 0 Å². The molecule has 1 radical (unpaired) electrons. The van der Waals surface area contributed by atoms with Gasteiger partial charge in [-0.15, -0.1) is 35.9 Å². The molecule has 0 N–H and O–H groups in total. The van der Waals surface area contributed by atoms with E-state index in [1.807, 2.05) is 42.5 Å². The standard InChI is InChI=1S/C11H8N.Y.Zn/c1-2-6-10(7-3-1)11-8-4-5-9-12-11;;/h1-6,8-9H;;/q-1;;. The van der Waals surface area contributed by atoms with Gasteiger partial charge in [0.05, 0.1) is 0 Å². The molecule has 0 saturated carbocycles. The average Bonchev–Trinajstić information content (AvgIpc) is 2.21. The van der Waals surface area contributed by atoms with Crippen molar-refractivity contribution in [2.24, 2.45) is 0 Å². The minimum atomic E-state index is 0. The smallest absolute Gasteiger partial charge is 0.0160 e. The maximum atomic E-state index is 4.22. The number of benzene rings is 1. The van der Waals surface area contributed by atoms with Crippen LogP contribution in [-0.2, 0) is 52.2 Å². The third-order valence-electron chi connectivity index (χ3n) is 1.65. The van der Waals surface area contributed by atoms with E-state index in [0.29, 0.717) is 0 Å². The van der Waals surface area contributed by atoms with Crippen LogP contribution in [0.2, 0.25) is 0 Å². The van der Waals surface area contributed by atoms with Crippen molar-refractivity contribution >= 4 is 0 Å². The fraction of sp³-hybridized carbons (Fsp3) is 0. The van der Waals surface area contributed by atoms with E-state index in [9.17, 15) is 0 Å². The molecule has 1 aromatic carbocycles. The minimum Gasteiger partial charge on any atom is -0.305 e. The molecule has 1 aromatic heterocycles. The van der Waals surface area contributed by atoms with Gasteiger partial charge in [-0.25, -0.2) is 0 Å². The molecule has 63 valence electrons. The minimum absolute atomic E-state index is 0. The first-order valence-electron chi connectivity index (χ1n) is 3.85. The van der Waals surface area contributed by atoms with E-state index in [4.69, 9.17) is 0 Å². The zero-order valence-electron chi connectivity index (χ0n) is 7.85. The van der Waals surface area contributed by atoms with E-state index in [-0.39, 0.29) is 52.2 Å². The molecule has 1 heterocycles. The first kappa shape index (κ1) is 14.1. The van der Waals surface area contributed by atoms with Crippen LogP contribution in [-0.4, -0.2) is 4.98 Å². The monoisotopic (exact) mass is 307 g/mol. The van der Waals surface area contributed by atoms with Crippen LogP contribution in [0.4, 0.5) is 0 Å². The molecule has 2 rings (SSSR count). The molecule has 14 heavy (non-hydrogen) atoms. The number of hydrogen-bond donors (Lipinski definition) is 0. The molecule has 2 aromatic rings. The van der Waals surface area contributed by atoms with Crippen molar-refractivity contribution in [3.05, 3.63) is 54.7 Å². The van der Waals surface area contributed by atoms with Gasteiger partial charge in [0, 0.05) is 58.4 Å². The fourth-order valence-electron chi connectivity index (χ4n) is 1.07. The van der Waals surface area contributed by atoms with Crippen LogP contribution in [0.5, 0.6) is 0 Å². The molecule has 0 amide bonds. The van der Waals surface area contributed by atoms with Crippen LogP contribution in [0.25, 0.3) is 11.3 Å². The predicted molar refractivity (Wildman–Crippen MR) is 48.5 cm³/mol. The van der Waals surface area contributed by atoms with Crippen molar-refractivity contribution in [3.8, 4) is 11.3 Å². The molecule has 0 atom stereocenters. The van der Waals surface area contributed by atoms with E-state index in [1.165, 1.54) is 0 Å². The summed E-state index contributed by atoms with van der Waals surface area (Å²) in [5, 5.41) is 0. The van der Waals surface area contributed by atoms with Gasteiger partial charge in [0.1, 0.15) is 0 Å². The van der Waals surface area contributed by atoms with Gasteiger partial charge in [-0.1, -0.05) is 12.1 Å². The quantitative estimate of drug-likeness (QED) is 0.583. The van der Waals surface area contributed by atoms with Gasteiger partial charge in [0.25, 0.3) is 0 Å². The molecule has 0 unspecified atom stereocenters. The Hall–Kier alpha value is 0.0973. The zero-order valence-corrected chi connectivity index (χ0v) is 13.7. The van der Waals surface area contributed by atoms with Crippen molar-refractivity contribution in [1.82, 2.24) is 4.98 Å². The summed E-state index contributed by atoms with van der Waals surface area (Å²) in [6, 6.07) is 16.8. The van der Waals surface area contributed by atoms with E-state index < -0.39 is 0 Å². The number of pyridine rings is 1. The molecule has 0 spiro atoms. The first-order chi connectivity index (χ1) is 5.97. The van der Waals surface area contributed by atoms with Gasteiger partial charge in [-0.3, -0.25) is 0 Å². The van der Waals surface area contributed by atoms with Crippen molar-refractivity contribution in [1.29, 1.82) is 0 Å². The summed E-state index contributed by atoms with van der Waals surface area (Å²) in [6.07, 6.45) is 1.79. The Morgan fingerprint density at radius 2 is 1.79 bits per heavy atom. The summed E-state index contributed by atoms with van der Waals surface area (Å²) < 4.78 is 0. The van der Waals surface area contributed by atoms with Crippen molar-refractivity contribution in [3.63, 3.8) is 0 Å². The van der Waals surface area contributed by atoms with Crippen LogP contribution >= 0.6 is 0 Å². The summed E-state index contributed by atoms with van der Waals surface area (Å²) in [6.45, 7) is 0. The van der Waals surface area contributed by atoms with Gasteiger partial charge in [0.2, 0.25) is 0 Å². The van der Waals surface area contributed by atoms with Gasteiger partial charge in [0.15, 0.2) is 0 Å². The first-order valence-corrected chi connectivity index (χ1v) is 3.85. The molecule has 0 aliphatic heterocycles. The SMILES string of the molecule is [Y].[Zn].[c-]1ccccc1-c1ccccn1. The van der Waals surface area contributed by atoms with Crippen LogP contribution in [0.15, 0.2) is 48.7 Å². The largest absolute Gasteiger partial charge is 0.305 e. The summed E-state index contributed by atoms with van der Waals surface area (Å²) in [5.41, 5.74) is 2.01. The molecule has 0 aliphatic rings. The fourth-order valence-corrected chi connectivity index (χ4v) is 1.07. The van der Waals surface area contributed by atoms with E-state index in [2.05, 4.69) is 11.1 Å². The third kappa shape index (κ3) is 3.69. The van der Waals surface area contributed by atoms with Crippen LogP contribution < -0.4 is 0 Å². The van der Waals surface area contributed by atoms with E-state index >= 15 is 0 Å². The molecular weight excluding hydrogens is 300 g/mol. The second-order valence-electron chi connectivity index (χ2n) is 2.49. The number of hydrogen-bond acceptors (Lipinski definition) is 1. The number of aromatic nitrogens is 1. The normalized spacial score (nSPS) is 8.29. The van der Waals surface area contributed by atoms with Crippen molar-refractivity contribution < 1.29 is 52.2 Å². The maximum absolute atomic E-state index is 4.22. The maximum Gasteiger partial charge on any atom is 0.0160 e. The van der Waals surface area contributed by atoms with Gasteiger partial charge in [-0.05, 0) is 11.8 Å². The molecule has 0 bridgehead atoms. The molecule has 3 heteroatoms. The van der Waals surface area contributed by atoms with E-state index in [0.717, 1.165) is 11.3 Å². The molecule has 0 aliphatic carbocycles. The third-order valence-corrected chi connectivity index (χ3v) is 1.65.